The van der Waals surface area contributed by atoms with Gasteiger partial charge in [0, 0.05) is 31.5 Å². The summed E-state index contributed by atoms with van der Waals surface area (Å²) in [6.45, 7) is 4.82. The number of hydrogen-bond acceptors (Lipinski definition) is 4. The van der Waals surface area contributed by atoms with Crippen molar-refractivity contribution < 1.29 is 9.72 Å². The summed E-state index contributed by atoms with van der Waals surface area (Å²) in [4.78, 5) is 24.1. The molecule has 0 spiro atoms. The van der Waals surface area contributed by atoms with E-state index in [-0.39, 0.29) is 22.3 Å². The quantitative estimate of drug-likeness (QED) is 0.595. The SMILES string of the molecule is Cc1ccc(N2CCC(=O)C(C)C2)c([N+](=O)[O-])c1. The summed E-state index contributed by atoms with van der Waals surface area (Å²) in [6.07, 6.45) is 0.464. The zero-order valence-corrected chi connectivity index (χ0v) is 10.5. The zero-order chi connectivity index (χ0) is 13.3. The third-order valence-electron chi connectivity index (χ3n) is 3.34. The molecule has 5 nitrogen and oxygen atoms in total. The summed E-state index contributed by atoms with van der Waals surface area (Å²) in [5.74, 6) is 0.181. The molecule has 18 heavy (non-hydrogen) atoms. The Bertz CT molecular complexity index is 499. The van der Waals surface area contributed by atoms with Crippen molar-refractivity contribution in [3.63, 3.8) is 0 Å². The number of Topliss-reactive ketones (excluding diaryl/α,β-unsaturated/α-hetero) is 1. The van der Waals surface area contributed by atoms with Gasteiger partial charge in [0.15, 0.2) is 0 Å². The van der Waals surface area contributed by atoms with Crippen molar-refractivity contribution in [2.45, 2.75) is 20.3 Å². The molecular formula is C13H16N2O3. The first-order valence-electron chi connectivity index (χ1n) is 6.01. The van der Waals surface area contributed by atoms with Gasteiger partial charge in [-0.2, -0.15) is 0 Å². The Morgan fingerprint density at radius 1 is 1.44 bits per heavy atom. The highest BCUT2D eigenvalue weighted by atomic mass is 16.6. The predicted octanol–water partition coefficient (Wildman–Crippen LogP) is 2.32. The molecule has 1 aromatic rings. The average molecular weight is 248 g/mol. The third-order valence-corrected chi connectivity index (χ3v) is 3.34. The Hall–Kier alpha value is -1.91. The molecule has 1 fully saturated rings. The lowest BCUT2D eigenvalue weighted by Gasteiger charge is -2.31. The summed E-state index contributed by atoms with van der Waals surface area (Å²) in [7, 11) is 0. The molecule has 1 aliphatic rings. The van der Waals surface area contributed by atoms with Crippen molar-refractivity contribution in [1.82, 2.24) is 0 Å². The number of nitrogens with zero attached hydrogens (tertiary/aromatic N) is 2. The van der Waals surface area contributed by atoms with Crippen LogP contribution in [0.25, 0.3) is 0 Å². The molecule has 1 saturated heterocycles. The standard InChI is InChI=1S/C13H16N2O3/c1-9-3-4-11(12(7-9)15(17)18)14-6-5-13(16)10(2)8-14/h3-4,7,10H,5-6,8H2,1-2H3. The lowest BCUT2D eigenvalue weighted by Crippen LogP contribution is -2.39. The molecule has 0 radical (unpaired) electrons. The second kappa shape index (κ2) is 4.76. The minimum atomic E-state index is -0.358. The number of ketones is 1. The van der Waals surface area contributed by atoms with Crippen LogP contribution in [0.4, 0.5) is 11.4 Å². The molecule has 0 saturated carbocycles. The lowest BCUT2D eigenvalue weighted by molar-refractivity contribution is -0.384. The lowest BCUT2D eigenvalue weighted by atomic mass is 9.97. The molecule has 0 amide bonds. The maximum Gasteiger partial charge on any atom is 0.292 e. The van der Waals surface area contributed by atoms with E-state index in [4.69, 9.17) is 0 Å². The van der Waals surface area contributed by atoms with E-state index >= 15 is 0 Å². The molecular weight excluding hydrogens is 232 g/mol. The summed E-state index contributed by atoms with van der Waals surface area (Å²) in [5.41, 5.74) is 1.60. The van der Waals surface area contributed by atoms with Gasteiger partial charge in [-0.25, -0.2) is 0 Å². The van der Waals surface area contributed by atoms with Gasteiger partial charge in [0.05, 0.1) is 4.92 Å². The summed E-state index contributed by atoms with van der Waals surface area (Å²) >= 11 is 0. The van der Waals surface area contributed by atoms with Crippen LogP contribution in [0, 0.1) is 23.0 Å². The highest BCUT2D eigenvalue weighted by molar-refractivity contribution is 5.83. The van der Waals surface area contributed by atoms with Crippen LogP contribution in [0.3, 0.4) is 0 Å². The Kier molecular flexibility index (Phi) is 3.32. The molecule has 0 bridgehead atoms. The highest BCUT2D eigenvalue weighted by Crippen LogP contribution is 2.31. The van der Waals surface area contributed by atoms with Crippen molar-refractivity contribution in [1.29, 1.82) is 0 Å². The van der Waals surface area contributed by atoms with Gasteiger partial charge in [0.25, 0.3) is 5.69 Å². The number of aryl methyl sites for hydroxylation is 1. The maximum atomic E-state index is 11.5. The summed E-state index contributed by atoms with van der Waals surface area (Å²) < 4.78 is 0. The monoisotopic (exact) mass is 248 g/mol. The molecule has 0 aliphatic carbocycles. The van der Waals surface area contributed by atoms with E-state index in [9.17, 15) is 14.9 Å². The second-order valence-corrected chi connectivity index (χ2v) is 4.81. The smallest absolute Gasteiger partial charge is 0.292 e. The minimum Gasteiger partial charge on any atom is -0.365 e. The van der Waals surface area contributed by atoms with Crippen molar-refractivity contribution in [2.75, 3.05) is 18.0 Å². The van der Waals surface area contributed by atoms with Crippen molar-refractivity contribution >= 4 is 17.2 Å². The summed E-state index contributed by atoms with van der Waals surface area (Å²) in [5, 5.41) is 11.1. The van der Waals surface area contributed by atoms with Crippen LogP contribution in [0.2, 0.25) is 0 Å². The molecule has 1 unspecified atom stereocenters. The predicted molar refractivity (Wildman–Crippen MR) is 68.8 cm³/mol. The number of nitro groups is 1. The van der Waals surface area contributed by atoms with E-state index in [2.05, 4.69) is 0 Å². The number of benzene rings is 1. The molecule has 5 heteroatoms. The number of rotatable bonds is 2. The van der Waals surface area contributed by atoms with E-state index in [0.717, 1.165) is 5.56 Å². The van der Waals surface area contributed by atoms with Gasteiger partial charge in [0.2, 0.25) is 0 Å². The maximum absolute atomic E-state index is 11.5. The number of carbonyl (C=O) groups excluding carboxylic acids is 1. The van der Waals surface area contributed by atoms with Crippen molar-refractivity contribution in [3.05, 3.63) is 33.9 Å². The van der Waals surface area contributed by atoms with E-state index in [0.29, 0.717) is 25.2 Å². The number of piperidine rings is 1. The third kappa shape index (κ3) is 2.34. The van der Waals surface area contributed by atoms with Gasteiger partial charge >= 0.3 is 0 Å². The molecule has 96 valence electrons. The fraction of sp³-hybridized carbons (Fsp3) is 0.462. The first-order valence-corrected chi connectivity index (χ1v) is 6.01. The zero-order valence-electron chi connectivity index (χ0n) is 10.5. The summed E-state index contributed by atoms with van der Waals surface area (Å²) in [6, 6.07) is 5.22. The normalized spacial score (nSPS) is 20.0. The Balaban J connectivity index is 2.33. The van der Waals surface area contributed by atoms with Gasteiger partial charge < -0.3 is 4.90 Å². The molecule has 2 rings (SSSR count). The first kappa shape index (κ1) is 12.5. The first-order chi connectivity index (χ1) is 8.49. The van der Waals surface area contributed by atoms with Crippen LogP contribution in [-0.4, -0.2) is 23.8 Å². The van der Waals surface area contributed by atoms with Crippen LogP contribution >= 0.6 is 0 Å². The van der Waals surface area contributed by atoms with Crippen LogP contribution in [0.5, 0.6) is 0 Å². The molecule has 1 aromatic carbocycles. The van der Waals surface area contributed by atoms with E-state index < -0.39 is 0 Å². The van der Waals surface area contributed by atoms with Gasteiger partial charge in [0.1, 0.15) is 11.5 Å². The highest BCUT2D eigenvalue weighted by Gasteiger charge is 2.27. The van der Waals surface area contributed by atoms with Gasteiger partial charge in [-0.1, -0.05) is 13.0 Å². The molecule has 1 heterocycles. The Morgan fingerprint density at radius 2 is 2.17 bits per heavy atom. The molecule has 0 aromatic heterocycles. The number of carbonyl (C=O) groups is 1. The largest absolute Gasteiger partial charge is 0.365 e. The van der Waals surface area contributed by atoms with E-state index in [1.54, 1.807) is 12.1 Å². The number of anilines is 1. The van der Waals surface area contributed by atoms with Crippen LogP contribution in [0.15, 0.2) is 18.2 Å². The number of hydrogen-bond donors (Lipinski definition) is 0. The Labute approximate surface area is 106 Å². The van der Waals surface area contributed by atoms with Crippen molar-refractivity contribution in [2.24, 2.45) is 5.92 Å². The number of nitro benzene ring substituents is 1. The van der Waals surface area contributed by atoms with Gasteiger partial charge in [-0.15, -0.1) is 0 Å². The van der Waals surface area contributed by atoms with Crippen LogP contribution < -0.4 is 4.90 Å². The Morgan fingerprint density at radius 3 is 2.78 bits per heavy atom. The second-order valence-electron chi connectivity index (χ2n) is 4.81. The minimum absolute atomic E-state index is 0.0559. The molecule has 1 aliphatic heterocycles. The van der Waals surface area contributed by atoms with Crippen molar-refractivity contribution in [3.8, 4) is 0 Å². The molecule has 1 atom stereocenters. The molecule has 0 N–H and O–H groups in total. The van der Waals surface area contributed by atoms with Gasteiger partial charge in [-0.05, 0) is 18.6 Å². The fourth-order valence-corrected chi connectivity index (χ4v) is 2.28. The van der Waals surface area contributed by atoms with Crippen LogP contribution in [-0.2, 0) is 4.79 Å². The fourth-order valence-electron chi connectivity index (χ4n) is 2.28. The van der Waals surface area contributed by atoms with E-state index in [1.807, 2.05) is 24.8 Å². The average Bonchev–Trinajstić information content (AvgIpc) is 2.32. The topological polar surface area (TPSA) is 63.5 Å². The van der Waals surface area contributed by atoms with Gasteiger partial charge in [-0.3, -0.25) is 14.9 Å². The van der Waals surface area contributed by atoms with E-state index in [1.165, 1.54) is 0 Å². The van der Waals surface area contributed by atoms with Crippen LogP contribution in [0.1, 0.15) is 18.9 Å².